The minimum absolute atomic E-state index is 0.0514. The Bertz CT molecular complexity index is 1250. The fraction of sp³-hybridized carbons (Fsp3) is 0.333. The van der Waals surface area contributed by atoms with E-state index in [1.807, 2.05) is 42.5 Å². The lowest BCUT2D eigenvalue weighted by Gasteiger charge is -2.11. The van der Waals surface area contributed by atoms with Crippen LogP contribution in [-0.4, -0.2) is 35.7 Å². The van der Waals surface area contributed by atoms with Crippen LogP contribution in [0.25, 0.3) is 11.0 Å². The van der Waals surface area contributed by atoms with Crippen LogP contribution in [0.4, 0.5) is 0 Å². The Morgan fingerprint density at radius 3 is 2.44 bits per heavy atom. The summed E-state index contributed by atoms with van der Waals surface area (Å²) in [6.45, 7) is 4.11. The molecule has 0 bridgehead atoms. The maximum Gasteiger partial charge on any atom is 0.224 e. The van der Waals surface area contributed by atoms with Gasteiger partial charge in [-0.25, -0.2) is 4.98 Å². The highest BCUT2D eigenvalue weighted by molar-refractivity contribution is 5.78. The van der Waals surface area contributed by atoms with Gasteiger partial charge in [-0.05, 0) is 61.7 Å². The molecule has 4 aromatic rings. The first kappa shape index (κ1) is 25.3. The van der Waals surface area contributed by atoms with Crippen LogP contribution in [0.5, 0.6) is 11.5 Å². The number of ether oxygens (including phenoxy) is 2. The molecule has 1 aromatic heterocycles. The summed E-state index contributed by atoms with van der Waals surface area (Å²) in [5.74, 6) is 2.83. The molecule has 3 aromatic carbocycles. The molecule has 6 heteroatoms. The van der Waals surface area contributed by atoms with Crippen molar-refractivity contribution in [2.45, 2.75) is 45.6 Å². The number of hydrogen-bond acceptors (Lipinski definition) is 4. The van der Waals surface area contributed by atoms with Crippen LogP contribution in [0, 0.1) is 6.92 Å². The smallest absolute Gasteiger partial charge is 0.224 e. The van der Waals surface area contributed by atoms with E-state index in [4.69, 9.17) is 14.5 Å². The summed E-state index contributed by atoms with van der Waals surface area (Å²) < 4.78 is 13.4. The van der Waals surface area contributed by atoms with Crippen LogP contribution in [0.1, 0.15) is 36.2 Å². The van der Waals surface area contributed by atoms with Crippen LogP contribution >= 0.6 is 0 Å². The van der Waals surface area contributed by atoms with Crippen LogP contribution in [-0.2, 0) is 24.2 Å². The number of aromatic nitrogens is 2. The predicted molar refractivity (Wildman–Crippen MR) is 144 cm³/mol. The summed E-state index contributed by atoms with van der Waals surface area (Å²) in [4.78, 5) is 17.1. The fourth-order valence-electron chi connectivity index (χ4n) is 4.26. The third kappa shape index (κ3) is 7.11. The van der Waals surface area contributed by atoms with Gasteiger partial charge in [0.25, 0.3) is 0 Å². The van der Waals surface area contributed by atoms with E-state index in [-0.39, 0.29) is 5.91 Å². The van der Waals surface area contributed by atoms with Crippen LogP contribution in [0.15, 0.2) is 72.8 Å². The first-order valence-corrected chi connectivity index (χ1v) is 12.7. The molecule has 188 valence electrons. The molecule has 0 aliphatic heterocycles. The minimum Gasteiger partial charge on any atom is -0.497 e. The molecule has 1 amide bonds. The molecule has 0 aliphatic carbocycles. The molecule has 6 nitrogen and oxygen atoms in total. The number of carbonyl (C=O) groups excluding carboxylic acids is 1. The largest absolute Gasteiger partial charge is 0.497 e. The van der Waals surface area contributed by atoms with Crippen molar-refractivity contribution in [3.05, 3.63) is 89.7 Å². The third-order valence-corrected chi connectivity index (χ3v) is 6.26. The molecule has 0 unspecified atom stereocenters. The second-order valence-electron chi connectivity index (χ2n) is 9.02. The quantitative estimate of drug-likeness (QED) is 0.254. The van der Waals surface area contributed by atoms with E-state index in [0.717, 1.165) is 66.1 Å². The first-order valence-electron chi connectivity index (χ1n) is 12.7. The summed E-state index contributed by atoms with van der Waals surface area (Å²) in [5.41, 5.74) is 4.38. The van der Waals surface area contributed by atoms with Gasteiger partial charge in [0.2, 0.25) is 5.91 Å². The fourth-order valence-corrected chi connectivity index (χ4v) is 4.26. The van der Waals surface area contributed by atoms with Gasteiger partial charge in [0, 0.05) is 13.0 Å². The Morgan fingerprint density at radius 2 is 1.67 bits per heavy atom. The van der Waals surface area contributed by atoms with Crippen molar-refractivity contribution in [1.29, 1.82) is 0 Å². The van der Waals surface area contributed by atoms with Gasteiger partial charge >= 0.3 is 0 Å². The summed E-state index contributed by atoms with van der Waals surface area (Å²) in [6, 6.07) is 24.0. The molecular formula is C30H35N3O3. The number of methoxy groups -OCH3 is 1. The molecule has 0 atom stereocenters. The summed E-state index contributed by atoms with van der Waals surface area (Å²) in [7, 11) is 1.64. The highest BCUT2D eigenvalue weighted by atomic mass is 16.5. The number of para-hydroxylation sites is 2. The van der Waals surface area contributed by atoms with Crippen LogP contribution in [0.2, 0.25) is 0 Å². The van der Waals surface area contributed by atoms with E-state index in [1.54, 1.807) is 7.11 Å². The van der Waals surface area contributed by atoms with Crippen molar-refractivity contribution >= 4 is 16.9 Å². The Kier molecular flexibility index (Phi) is 8.98. The lowest BCUT2D eigenvalue weighted by atomic mass is 10.1. The number of benzene rings is 3. The molecule has 0 saturated heterocycles. The van der Waals surface area contributed by atoms with Gasteiger partial charge in [-0.1, -0.05) is 48.4 Å². The van der Waals surface area contributed by atoms with Crippen molar-refractivity contribution < 1.29 is 14.3 Å². The molecule has 4 rings (SSSR count). The van der Waals surface area contributed by atoms with E-state index >= 15 is 0 Å². The molecule has 36 heavy (non-hydrogen) atoms. The third-order valence-electron chi connectivity index (χ3n) is 6.26. The predicted octanol–water partition coefficient (Wildman–Crippen LogP) is 5.50. The number of nitrogens with zero attached hydrogens (tertiary/aromatic N) is 2. The van der Waals surface area contributed by atoms with Gasteiger partial charge in [0.05, 0.1) is 31.1 Å². The average Bonchev–Trinajstić information content (AvgIpc) is 3.25. The van der Waals surface area contributed by atoms with E-state index < -0.39 is 0 Å². The molecular weight excluding hydrogens is 450 g/mol. The Hall–Kier alpha value is -3.80. The average molecular weight is 486 g/mol. The van der Waals surface area contributed by atoms with Gasteiger partial charge in [0.15, 0.2) is 0 Å². The van der Waals surface area contributed by atoms with E-state index in [1.165, 1.54) is 5.56 Å². The number of aryl methyl sites for hydroxylation is 2. The topological polar surface area (TPSA) is 65.4 Å². The standard InChI is InChI=1S/C30H35N3O3/c1-23-11-15-26(16-12-23)36-21-20-33-28-9-6-5-8-27(28)32-29(33)10-4-3-7-19-31-30(34)22-24-13-17-25(35-2)18-14-24/h5-6,8-9,11-18H,3-4,7,10,19-22H2,1-2H3,(H,31,34). The number of hydrogen-bond donors (Lipinski definition) is 1. The summed E-state index contributed by atoms with van der Waals surface area (Å²) in [5, 5.41) is 3.03. The number of unbranched alkanes of at least 4 members (excludes halogenated alkanes) is 2. The number of fused-ring (bicyclic) bond motifs is 1. The van der Waals surface area contributed by atoms with E-state index in [9.17, 15) is 4.79 Å². The molecule has 0 spiro atoms. The van der Waals surface area contributed by atoms with Gasteiger partial charge in [-0.15, -0.1) is 0 Å². The highest BCUT2D eigenvalue weighted by Gasteiger charge is 2.10. The minimum atomic E-state index is 0.0514. The van der Waals surface area contributed by atoms with Crippen LogP contribution < -0.4 is 14.8 Å². The van der Waals surface area contributed by atoms with Gasteiger partial charge in [0.1, 0.15) is 23.9 Å². The number of imidazole rings is 1. The Morgan fingerprint density at radius 1 is 0.917 bits per heavy atom. The maximum atomic E-state index is 12.2. The monoisotopic (exact) mass is 485 g/mol. The molecule has 0 aliphatic rings. The second kappa shape index (κ2) is 12.8. The zero-order valence-corrected chi connectivity index (χ0v) is 21.2. The second-order valence-corrected chi connectivity index (χ2v) is 9.02. The lowest BCUT2D eigenvalue weighted by Crippen LogP contribution is -2.26. The zero-order chi connectivity index (χ0) is 25.2. The first-order chi connectivity index (χ1) is 17.6. The SMILES string of the molecule is COc1ccc(CC(=O)NCCCCCc2nc3ccccc3n2CCOc2ccc(C)cc2)cc1. The number of rotatable bonds is 13. The molecule has 0 saturated carbocycles. The van der Waals surface area contributed by atoms with Crippen molar-refractivity contribution in [3.63, 3.8) is 0 Å². The zero-order valence-electron chi connectivity index (χ0n) is 21.2. The van der Waals surface area contributed by atoms with E-state index in [0.29, 0.717) is 19.6 Å². The van der Waals surface area contributed by atoms with Gasteiger partial charge in [-0.2, -0.15) is 0 Å². The highest BCUT2D eigenvalue weighted by Crippen LogP contribution is 2.19. The summed E-state index contributed by atoms with van der Waals surface area (Å²) >= 11 is 0. The molecule has 0 fully saturated rings. The van der Waals surface area contributed by atoms with Crippen molar-refractivity contribution in [2.75, 3.05) is 20.3 Å². The van der Waals surface area contributed by atoms with Crippen molar-refractivity contribution in [3.8, 4) is 11.5 Å². The Labute approximate surface area is 213 Å². The number of amides is 1. The van der Waals surface area contributed by atoms with Gasteiger partial charge < -0.3 is 19.4 Å². The maximum absolute atomic E-state index is 12.2. The Balaban J connectivity index is 1.21. The number of nitrogens with one attached hydrogen (secondary N) is 1. The summed E-state index contributed by atoms with van der Waals surface area (Å²) in [6.07, 6.45) is 4.30. The molecule has 1 N–H and O–H groups in total. The van der Waals surface area contributed by atoms with Crippen molar-refractivity contribution in [2.24, 2.45) is 0 Å². The molecule has 0 radical (unpaired) electrons. The van der Waals surface area contributed by atoms with Crippen LogP contribution in [0.3, 0.4) is 0 Å². The van der Waals surface area contributed by atoms with Crippen molar-refractivity contribution in [1.82, 2.24) is 14.9 Å². The lowest BCUT2D eigenvalue weighted by molar-refractivity contribution is -0.120. The molecule has 1 heterocycles. The normalized spacial score (nSPS) is 10.9. The van der Waals surface area contributed by atoms with Gasteiger partial charge in [-0.3, -0.25) is 4.79 Å². The number of carbonyl (C=O) groups is 1. The van der Waals surface area contributed by atoms with E-state index in [2.05, 4.69) is 47.1 Å².